The number of aromatic nitrogens is 5. The van der Waals surface area contributed by atoms with Crippen LogP contribution in [0.3, 0.4) is 0 Å². The zero-order chi connectivity index (χ0) is 25.2. The molecule has 0 saturated carbocycles. The first-order valence-corrected chi connectivity index (χ1v) is 10.5. The summed E-state index contributed by atoms with van der Waals surface area (Å²) in [6.45, 7) is -0.118. The van der Waals surface area contributed by atoms with Crippen LogP contribution < -0.4 is 5.32 Å². The van der Waals surface area contributed by atoms with E-state index in [1.807, 2.05) is 0 Å². The van der Waals surface area contributed by atoms with E-state index in [0.717, 1.165) is 18.3 Å². The number of nitrogens with one attached hydrogen (secondary N) is 1. The number of anilines is 1. The maximum Gasteiger partial charge on any atom is 0.187 e. The van der Waals surface area contributed by atoms with Gasteiger partial charge in [0.1, 0.15) is 23.5 Å². The van der Waals surface area contributed by atoms with Gasteiger partial charge in [0.05, 0.1) is 18.4 Å². The summed E-state index contributed by atoms with van der Waals surface area (Å²) in [7, 11) is 0. The molecule has 0 aliphatic carbocycles. The summed E-state index contributed by atoms with van der Waals surface area (Å²) in [5.74, 6) is -4.79. The largest absolute Gasteiger partial charge is 0.503 e. The summed E-state index contributed by atoms with van der Waals surface area (Å²) < 4.78 is 62.3. The Morgan fingerprint density at radius 2 is 1.69 bits per heavy atom. The molecular formula is C24H16F4N6O2. The van der Waals surface area contributed by atoms with Gasteiger partial charge in [0.2, 0.25) is 0 Å². The predicted octanol–water partition coefficient (Wildman–Crippen LogP) is 4.92. The van der Waals surface area contributed by atoms with Gasteiger partial charge in [0.25, 0.3) is 0 Å². The van der Waals surface area contributed by atoms with Crippen LogP contribution in [0, 0.1) is 23.3 Å². The number of aromatic hydroxyl groups is 1. The SMILES string of the molecule is Oc1c(F)cc(CNc2nc(-c3cc(-c4ccon4)n(Cc4ccccc4F)n3)ncc2F)cc1F. The van der Waals surface area contributed by atoms with Crippen LogP contribution in [0.4, 0.5) is 23.4 Å². The minimum Gasteiger partial charge on any atom is -0.503 e. The topological polar surface area (TPSA) is 102 Å². The van der Waals surface area contributed by atoms with E-state index in [1.54, 1.807) is 30.3 Å². The minimum absolute atomic E-state index is 0.0407. The fraction of sp³-hybridized carbons (Fsp3) is 0.0833. The van der Waals surface area contributed by atoms with E-state index in [9.17, 15) is 22.7 Å². The molecule has 0 saturated heterocycles. The van der Waals surface area contributed by atoms with Gasteiger partial charge in [-0.3, -0.25) is 4.68 Å². The molecule has 3 heterocycles. The van der Waals surface area contributed by atoms with Gasteiger partial charge < -0.3 is 14.9 Å². The zero-order valence-electron chi connectivity index (χ0n) is 18.3. The van der Waals surface area contributed by atoms with Crippen molar-refractivity contribution >= 4 is 5.82 Å². The first-order chi connectivity index (χ1) is 17.4. The first-order valence-electron chi connectivity index (χ1n) is 10.5. The van der Waals surface area contributed by atoms with E-state index in [2.05, 4.69) is 25.5 Å². The van der Waals surface area contributed by atoms with Crippen molar-refractivity contribution in [3.05, 3.63) is 95.4 Å². The zero-order valence-corrected chi connectivity index (χ0v) is 18.3. The molecule has 0 spiro atoms. The van der Waals surface area contributed by atoms with E-state index in [4.69, 9.17) is 4.52 Å². The van der Waals surface area contributed by atoms with Crippen LogP contribution in [-0.4, -0.2) is 30.0 Å². The van der Waals surface area contributed by atoms with Gasteiger partial charge in [-0.2, -0.15) is 5.10 Å². The summed E-state index contributed by atoms with van der Waals surface area (Å²) in [5.41, 5.74) is 1.66. The lowest BCUT2D eigenvalue weighted by Gasteiger charge is -2.09. The number of halogens is 4. The van der Waals surface area contributed by atoms with Crippen molar-refractivity contribution in [2.45, 2.75) is 13.1 Å². The number of hydrogen-bond acceptors (Lipinski definition) is 7. The van der Waals surface area contributed by atoms with Crippen molar-refractivity contribution in [3.63, 3.8) is 0 Å². The Balaban J connectivity index is 1.46. The Morgan fingerprint density at radius 1 is 0.917 bits per heavy atom. The summed E-state index contributed by atoms with van der Waals surface area (Å²) in [6.07, 6.45) is 2.30. The fourth-order valence-corrected chi connectivity index (χ4v) is 3.51. The van der Waals surface area contributed by atoms with Crippen molar-refractivity contribution in [1.82, 2.24) is 24.9 Å². The quantitative estimate of drug-likeness (QED) is 0.309. The lowest BCUT2D eigenvalue weighted by atomic mass is 10.2. The highest BCUT2D eigenvalue weighted by atomic mass is 19.1. The lowest BCUT2D eigenvalue weighted by molar-refractivity contribution is 0.395. The van der Waals surface area contributed by atoms with Gasteiger partial charge in [-0.15, -0.1) is 0 Å². The van der Waals surface area contributed by atoms with Gasteiger partial charge in [-0.05, 0) is 29.8 Å². The van der Waals surface area contributed by atoms with Crippen molar-refractivity contribution in [3.8, 4) is 28.7 Å². The van der Waals surface area contributed by atoms with Gasteiger partial charge >= 0.3 is 0 Å². The predicted molar refractivity (Wildman–Crippen MR) is 120 cm³/mol. The second-order valence-electron chi connectivity index (χ2n) is 7.70. The molecule has 12 heteroatoms. The Hall–Kier alpha value is -4.74. The van der Waals surface area contributed by atoms with E-state index in [1.165, 1.54) is 17.0 Å². The third-order valence-electron chi connectivity index (χ3n) is 5.27. The maximum absolute atomic E-state index is 14.4. The molecule has 36 heavy (non-hydrogen) atoms. The third kappa shape index (κ3) is 4.60. The lowest BCUT2D eigenvalue weighted by Crippen LogP contribution is -2.07. The van der Waals surface area contributed by atoms with Gasteiger partial charge in [-0.25, -0.2) is 27.5 Å². The van der Waals surface area contributed by atoms with E-state index >= 15 is 0 Å². The molecule has 2 aromatic carbocycles. The molecule has 0 aliphatic heterocycles. The number of nitrogens with zero attached hydrogens (tertiary/aromatic N) is 5. The molecule has 3 aromatic heterocycles. The Morgan fingerprint density at radius 3 is 2.42 bits per heavy atom. The van der Waals surface area contributed by atoms with Gasteiger partial charge in [-0.1, -0.05) is 23.4 Å². The van der Waals surface area contributed by atoms with Crippen molar-refractivity contribution in [2.24, 2.45) is 0 Å². The van der Waals surface area contributed by atoms with Crippen molar-refractivity contribution in [2.75, 3.05) is 5.32 Å². The second-order valence-corrected chi connectivity index (χ2v) is 7.70. The molecule has 8 nitrogen and oxygen atoms in total. The highest BCUT2D eigenvalue weighted by molar-refractivity contribution is 5.63. The third-order valence-corrected chi connectivity index (χ3v) is 5.27. The molecule has 5 aromatic rings. The number of hydrogen-bond donors (Lipinski definition) is 2. The van der Waals surface area contributed by atoms with Crippen LogP contribution in [-0.2, 0) is 13.1 Å². The maximum atomic E-state index is 14.4. The molecule has 0 aliphatic rings. The van der Waals surface area contributed by atoms with E-state index in [-0.39, 0.29) is 36.0 Å². The minimum atomic E-state index is -1.14. The molecule has 0 amide bonds. The molecule has 0 radical (unpaired) electrons. The monoisotopic (exact) mass is 496 g/mol. The summed E-state index contributed by atoms with van der Waals surface area (Å²) in [6, 6.07) is 11.3. The standard InChI is InChI=1S/C24H16F4N6O2/c25-15-4-2-1-3-14(15)12-34-21(19-5-6-36-33-19)9-20(32-34)24-30-11-18(28)23(31-24)29-10-13-7-16(26)22(35)17(27)8-13/h1-9,11,35H,10,12H2,(H,29,30,31). The van der Waals surface area contributed by atoms with Gasteiger partial charge in [0, 0.05) is 18.2 Å². The van der Waals surface area contributed by atoms with Crippen LogP contribution >= 0.6 is 0 Å². The molecule has 0 bridgehead atoms. The second kappa shape index (κ2) is 9.49. The highest BCUT2D eigenvalue weighted by Gasteiger charge is 2.18. The molecule has 182 valence electrons. The average Bonchev–Trinajstić information content (AvgIpc) is 3.53. The Labute approximate surface area is 200 Å². The van der Waals surface area contributed by atoms with Crippen LogP contribution in [0.2, 0.25) is 0 Å². The van der Waals surface area contributed by atoms with Crippen LogP contribution in [0.1, 0.15) is 11.1 Å². The highest BCUT2D eigenvalue weighted by Crippen LogP contribution is 2.26. The summed E-state index contributed by atoms with van der Waals surface area (Å²) in [4.78, 5) is 8.14. The number of phenols is 1. The normalized spacial score (nSPS) is 11.1. The number of rotatable bonds is 7. The van der Waals surface area contributed by atoms with Crippen molar-refractivity contribution < 1.29 is 27.2 Å². The van der Waals surface area contributed by atoms with Crippen LogP contribution in [0.15, 0.2) is 65.5 Å². The first kappa shape index (κ1) is 23.0. The average molecular weight is 496 g/mol. The Kier molecular flexibility index (Phi) is 6.07. The van der Waals surface area contributed by atoms with Crippen LogP contribution in [0.25, 0.3) is 22.9 Å². The molecule has 5 rings (SSSR count). The van der Waals surface area contributed by atoms with E-state index < -0.39 is 29.0 Å². The summed E-state index contributed by atoms with van der Waals surface area (Å²) in [5, 5.41) is 20.3. The molecule has 2 N–H and O–H groups in total. The molecule has 0 unspecified atom stereocenters. The summed E-state index contributed by atoms with van der Waals surface area (Å²) >= 11 is 0. The molecular weight excluding hydrogens is 480 g/mol. The Bertz CT molecular complexity index is 1510. The molecule has 0 fully saturated rings. The van der Waals surface area contributed by atoms with Crippen LogP contribution in [0.5, 0.6) is 5.75 Å². The molecule has 0 atom stereocenters. The fourth-order valence-electron chi connectivity index (χ4n) is 3.51. The van der Waals surface area contributed by atoms with Crippen molar-refractivity contribution in [1.29, 1.82) is 0 Å². The van der Waals surface area contributed by atoms with Gasteiger partial charge in [0.15, 0.2) is 34.8 Å². The van der Waals surface area contributed by atoms with E-state index in [0.29, 0.717) is 17.0 Å². The number of phenolic OH excluding ortho intramolecular Hbond substituents is 1. The smallest absolute Gasteiger partial charge is 0.187 e. The number of benzene rings is 2.